The number of hydrogen-bond acceptors (Lipinski definition) is 8. The van der Waals surface area contributed by atoms with E-state index in [1.165, 1.54) is 17.4 Å². The summed E-state index contributed by atoms with van der Waals surface area (Å²) in [4.78, 5) is 49.4. The summed E-state index contributed by atoms with van der Waals surface area (Å²) in [6.45, 7) is 1.08. The second kappa shape index (κ2) is 9.05. The van der Waals surface area contributed by atoms with Crippen LogP contribution in [0, 0.1) is 17.0 Å². The van der Waals surface area contributed by atoms with Crippen molar-refractivity contribution < 1.29 is 24.0 Å². The number of amides is 2. The quantitative estimate of drug-likeness (QED) is 0.416. The fourth-order valence-corrected chi connectivity index (χ4v) is 2.80. The van der Waals surface area contributed by atoms with Crippen LogP contribution in [0.5, 0.6) is 0 Å². The van der Waals surface area contributed by atoms with Gasteiger partial charge in [-0.1, -0.05) is 11.6 Å². The molecule has 10 nitrogen and oxygen atoms in total. The molecule has 0 atom stereocenters. The van der Waals surface area contributed by atoms with Crippen molar-refractivity contribution in [2.24, 2.45) is 0 Å². The summed E-state index contributed by atoms with van der Waals surface area (Å²) in [5.41, 5.74) is 4.44. The van der Waals surface area contributed by atoms with Gasteiger partial charge in [0.15, 0.2) is 6.61 Å². The number of aromatic nitrogens is 1. The van der Waals surface area contributed by atoms with Crippen LogP contribution in [0.1, 0.15) is 21.1 Å². The first-order valence-electron chi connectivity index (χ1n) is 7.36. The third-order valence-corrected chi connectivity index (χ3v) is 4.33. The predicted molar refractivity (Wildman–Crippen MR) is 95.2 cm³/mol. The van der Waals surface area contributed by atoms with Crippen molar-refractivity contribution in [3.05, 3.63) is 55.0 Å². The maximum atomic E-state index is 11.9. The van der Waals surface area contributed by atoms with E-state index >= 15 is 0 Å². The van der Waals surface area contributed by atoms with Gasteiger partial charge in [-0.2, -0.15) is 0 Å². The summed E-state index contributed by atoms with van der Waals surface area (Å²) < 4.78 is 4.74. The van der Waals surface area contributed by atoms with Crippen LogP contribution in [-0.4, -0.2) is 34.3 Å². The standard InChI is InChI=1S/C15H13ClN4O6S/c1-8-7-27-14(17-8)5-12(21)18-19-13(22)6-26-15(23)10-4-9(20(24)25)2-3-11(10)16/h2-4,7H,5-6H2,1H3,(H,18,21)(H,19,22). The Labute approximate surface area is 161 Å². The van der Waals surface area contributed by atoms with Crippen molar-refractivity contribution in [1.82, 2.24) is 15.8 Å². The third kappa shape index (κ3) is 6.01. The van der Waals surface area contributed by atoms with E-state index in [2.05, 4.69) is 15.8 Å². The van der Waals surface area contributed by atoms with Gasteiger partial charge < -0.3 is 4.74 Å². The molecule has 0 aliphatic carbocycles. The SMILES string of the molecule is Cc1csc(CC(=O)NNC(=O)COC(=O)c2cc([N+](=O)[O-])ccc2Cl)n1. The second-order valence-electron chi connectivity index (χ2n) is 5.15. The zero-order valence-corrected chi connectivity index (χ0v) is 15.4. The molecule has 0 aliphatic rings. The van der Waals surface area contributed by atoms with Gasteiger partial charge in [-0.05, 0) is 13.0 Å². The number of benzene rings is 1. The van der Waals surface area contributed by atoms with Gasteiger partial charge in [0.05, 0.1) is 21.9 Å². The Bertz CT molecular complexity index is 900. The minimum atomic E-state index is -1.01. The Morgan fingerprint density at radius 2 is 2.00 bits per heavy atom. The van der Waals surface area contributed by atoms with Crippen LogP contribution in [-0.2, 0) is 20.7 Å². The number of nitrogens with zero attached hydrogens (tertiary/aromatic N) is 2. The lowest BCUT2D eigenvalue weighted by atomic mass is 10.2. The normalized spacial score (nSPS) is 10.1. The Morgan fingerprint density at radius 3 is 2.63 bits per heavy atom. The molecule has 0 radical (unpaired) electrons. The Balaban J connectivity index is 1.81. The van der Waals surface area contributed by atoms with Crippen molar-refractivity contribution in [3.63, 3.8) is 0 Å². The molecule has 0 aliphatic heterocycles. The number of aryl methyl sites for hydroxylation is 1. The number of carbonyl (C=O) groups excluding carboxylic acids is 3. The van der Waals surface area contributed by atoms with Gasteiger partial charge >= 0.3 is 5.97 Å². The fourth-order valence-electron chi connectivity index (χ4n) is 1.83. The smallest absolute Gasteiger partial charge is 0.340 e. The number of hydrazine groups is 1. The van der Waals surface area contributed by atoms with E-state index in [1.807, 2.05) is 0 Å². The van der Waals surface area contributed by atoms with E-state index in [4.69, 9.17) is 16.3 Å². The molecule has 2 N–H and O–H groups in total. The molecule has 0 saturated carbocycles. The average molecular weight is 413 g/mol. The summed E-state index contributed by atoms with van der Waals surface area (Å²) >= 11 is 7.12. The fraction of sp³-hybridized carbons (Fsp3) is 0.200. The lowest BCUT2D eigenvalue weighted by Crippen LogP contribution is -2.44. The largest absolute Gasteiger partial charge is 0.452 e. The topological polar surface area (TPSA) is 141 Å². The minimum absolute atomic E-state index is 0.0120. The summed E-state index contributed by atoms with van der Waals surface area (Å²) in [6.07, 6.45) is -0.0120. The molecule has 12 heteroatoms. The van der Waals surface area contributed by atoms with Crippen LogP contribution in [0.2, 0.25) is 5.02 Å². The highest BCUT2D eigenvalue weighted by Gasteiger charge is 2.18. The van der Waals surface area contributed by atoms with Gasteiger partial charge in [-0.3, -0.25) is 30.6 Å². The van der Waals surface area contributed by atoms with Crippen molar-refractivity contribution in [1.29, 1.82) is 0 Å². The van der Waals surface area contributed by atoms with Crippen LogP contribution in [0.25, 0.3) is 0 Å². The van der Waals surface area contributed by atoms with Gasteiger partial charge in [0.2, 0.25) is 5.91 Å². The number of nitro benzene ring substituents is 1. The van der Waals surface area contributed by atoms with Crippen LogP contribution in [0.3, 0.4) is 0 Å². The Kier molecular flexibility index (Phi) is 6.79. The van der Waals surface area contributed by atoms with Crippen molar-refractivity contribution in [2.45, 2.75) is 13.3 Å². The summed E-state index contributed by atoms with van der Waals surface area (Å²) in [5.74, 6) is -2.30. The molecule has 1 aromatic heterocycles. The van der Waals surface area contributed by atoms with Crippen LogP contribution < -0.4 is 10.9 Å². The molecular weight excluding hydrogens is 400 g/mol. The van der Waals surface area contributed by atoms with E-state index < -0.39 is 29.3 Å². The molecule has 1 aromatic carbocycles. The number of nitro groups is 1. The average Bonchev–Trinajstić information content (AvgIpc) is 3.02. The van der Waals surface area contributed by atoms with Gasteiger partial charge in [0.1, 0.15) is 5.01 Å². The molecule has 2 amide bonds. The molecule has 2 aromatic rings. The number of non-ortho nitro benzene ring substituents is 1. The van der Waals surface area contributed by atoms with Crippen molar-refractivity contribution >= 4 is 46.4 Å². The van der Waals surface area contributed by atoms with E-state index in [9.17, 15) is 24.5 Å². The number of hydrogen-bond donors (Lipinski definition) is 2. The van der Waals surface area contributed by atoms with E-state index in [1.54, 1.807) is 12.3 Å². The molecule has 0 spiro atoms. The highest BCUT2D eigenvalue weighted by Crippen LogP contribution is 2.22. The highest BCUT2D eigenvalue weighted by molar-refractivity contribution is 7.09. The third-order valence-electron chi connectivity index (χ3n) is 3.03. The molecule has 142 valence electrons. The van der Waals surface area contributed by atoms with Gasteiger partial charge in [-0.25, -0.2) is 9.78 Å². The highest BCUT2D eigenvalue weighted by atomic mass is 35.5. The Hall–Kier alpha value is -3.05. The maximum absolute atomic E-state index is 11.9. The number of rotatable bonds is 6. The Morgan fingerprint density at radius 1 is 1.30 bits per heavy atom. The number of thiazole rings is 1. The monoisotopic (exact) mass is 412 g/mol. The first-order chi connectivity index (χ1) is 12.8. The maximum Gasteiger partial charge on any atom is 0.340 e. The van der Waals surface area contributed by atoms with E-state index in [-0.39, 0.29) is 22.7 Å². The number of halogens is 1. The minimum Gasteiger partial charge on any atom is -0.452 e. The first kappa shape index (κ1) is 20.3. The molecule has 2 rings (SSSR count). The molecule has 1 heterocycles. The van der Waals surface area contributed by atoms with Crippen LogP contribution in [0.4, 0.5) is 5.69 Å². The lowest BCUT2D eigenvalue weighted by Gasteiger charge is -2.08. The van der Waals surface area contributed by atoms with E-state index in [0.29, 0.717) is 5.01 Å². The van der Waals surface area contributed by atoms with Gasteiger partial charge in [-0.15, -0.1) is 11.3 Å². The van der Waals surface area contributed by atoms with Gasteiger partial charge in [0, 0.05) is 23.2 Å². The zero-order valence-electron chi connectivity index (χ0n) is 13.9. The molecule has 0 unspecified atom stereocenters. The summed E-state index contributed by atoms with van der Waals surface area (Å²) in [7, 11) is 0. The first-order valence-corrected chi connectivity index (χ1v) is 8.61. The molecule has 0 fully saturated rings. The predicted octanol–water partition coefficient (Wildman–Crippen LogP) is 1.56. The molecule has 0 saturated heterocycles. The number of esters is 1. The van der Waals surface area contributed by atoms with Crippen molar-refractivity contribution in [3.8, 4) is 0 Å². The van der Waals surface area contributed by atoms with Crippen LogP contribution >= 0.6 is 22.9 Å². The van der Waals surface area contributed by atoms with Crippen molar-refractivity contribution in [2.75, 3.05) is 6.61 Å². The summed E-state index contributed by atoms with van der Waals surface area (Å²) in [5, 5.41) is 13.1. The zero-order chi connectivity index (χ0) is 20.0. The van der Waals surface area contributed by atoms with E-state index in [0.717, 1.165) is 17.8 Å². The molecule has 0 bridgehead atoms. The van der Waals surface area contributed by atoms with Gasteiger partial charge in [0.25, 0.3) is 11.6 Å². The number of nitrogens with one attached hydrogen (secondary N) is 2. The molecule has 27 heavy (non-hydrogen) atoms. The number of carbonyl (C=O) groups is 3. The summed E-state index contributed by atoms with van der Waals surface area (Å²) in [6, 6.07) is 3.25. The second-order valence-corrected chi connectivity index (χ2v) is 6.50. The lowest BCUT2D eigenvalue weighted by molar-refractivity contribution is -0.384. The van der Waals surface area contributed by atoms with Crippen LogP contribution in [0.15, 0.2) is 23.6 Å². The number of ether oxygens (including phenoxy) is 1. The molecular formula is C15H13ClN4O6S.